The molecule has 0 amide bonds. The van der Waals surface area contributed by atoms with E-state index < -0.39 is 8.07 Å². The molecule has 0 atom stereocenters. The molecule has 0 nitrogen and oxygen atoms in total. The van der Waals surface area contributed by atoms with Crippen molar-refractivity contribution < 1.29 is 23.9 Å². The summed E-state index contributed by atoms with van der Waals surface area (Å²) in [7, 11) is -1.19. The molecule has 0 aliphatic rings. The standard InChI is InChI=1S/C21H25.C20H26Si.C5H5.Hf/c1-20(2,3)16-7-9-18-14(12-16)11-15-13-17(21(4,5)6)8-10-19(15)18;1-5-6-7-17-8-10-18(11-9-17)16-19-12-14-20(15-13-19)21(2,3)4;1-2-4-5-3-1;/h7-13H,1-6H3;8-15H,5-7H2,1-4H3;1-5H;/q-1;;-1;+2. The van der Waals surface area contributed by atoms with Crippen LogP contribution < -0.4 is 5.19 Å². The van der Waals surface area contributed by atoms with Gasteiger partial charge in [-0.05, 0) is 10.8 Å². The third-order valence-electron chi connectivity index (χ3n) is 9.09. The van der Waals surface area contributed by atoms with Crippen LogP contribution in [0.25, 0.3) is 21.5 Å². The van der Waals surface area contributed by atoms with Crippen LogP contribution in [0.15, 0.2) is 121 Å². The van der Waals surface area contributed by atoms with Crippen LogP contribution in [0.3, 0.4) is 0 Å². The number of rotatable bonds is 6. The molecule has 0 radical (unpaired) electrons. The minimum Gasteiger partial charge on any atom is -0.214 e. The molecule has 0 N–H and O–H groups in total. The zero-order chi connectivity index (χ0) is 35.1. The van der Waals surface area contributed by atoms with E-state index >= 15 is 0 Å². The van der Waals surface area contributed by atoms with Crippen molar-refractivity contribution in [3.8, 4) is 0 Å². The van der Waals surface area contributed by atoms with Crippen molar-refractivity contribution >= 4 is 38.1 Å². The summed E-state index contributed by atoms with van der Waals surface area (Å²) < 4.78 is 1.50. The Kier molecular flexibility index (Phi) is 12.8. The number of aryl methyl sites for hydroxylation is 1. The maximum atomic E-state index is 2.41. The average Bonchev–Trinajstić information content (AvgIpc) is 3.74. The van der Waals surface area contributed by atoms with Crippen LogP contribution in [0.1, 0.15) is 89.1 Å². The molecule has 48 heavy (non-hydrogen) atoms. The number of benzene rings is 4. The average molecular weight is 816 g/mol. The molecule has 0 aliphatic carbocycles. The summed E-state index contributed by atoms with van der Waals surface area (Å²) in [6.45, 7) is 23.1. The van der Waals surface area contributed by atoms with Crippen molar-refractivity contribution in [3.05, 3.63) is 149 Å². The van der Waals surface area contributed by atoms with Gasteiger partial charge in [0.25, 0.3) is 0 Å². The van der Waals surface area contributed by atoms with Gasteiger partial charge in [-0.1, -0.05) is 76.9 Å². The molecule has 2 heteroatoms. The zero-order valence-electron chi connectivity index (χ0n) is 31.2. The fraction of sp³-hybridized carbons (Fsp3) is 0.326. The van der Waals surface area contributed by atoms with Crippen molar-refractivity contribution in [3.63, 3.8) is 0 Å². The third-order valence-corrected chi connectivity index (χ3v) is 13.2. The minimum atomic E-state index is -1.19. The Morgan fingerprint density at radius 3 is 1.48 bits per heavy atom. The molecule has 0 heterocycles. The van der Waals surface area contributed by atoms with Gasteiger partial charge in [0, 0.05) is 0 Å². The maximum absolute atomic E-state index is 2.41. The van der Waals surface area contributed by atoms with Gasteiger partial charge in [-0.15, -0.1) is 39.7 Å². The van der Waals surface area contributed by atoms with E-state index in [2.05, 4.69) is 159 Å². The largest absolute Gasteiger partial charge is 0.214 e. The first-order chi connectivity index (χ1) is 22.6. The number of hydrogen-bond donors (Lipinski definition) is 0. The number of hydrogen-bond acceptors (Lipinski definition) is 0. The molecule has 0 aromatic heterocycles. The zero-order valence-corrected chi connectivity index (χ0v) is 35.8. The molecule has 0 unspecified atom stereocenters. The second kappa shape index (κ2) is 16.2. The Morgan fingerprint density at radius 2 is 1.10 bits per heavy atom. The van der Waals surface area contributed by atoms with E-state index in [-0.39, 0.29) is 10.8 Å². The second-order valence-corrected chi connectivity index (χ2v) is 23.1. The monoisotopic (exact) mass is 816 g/mol. The Hall–Kier alpha value is -2.94. The molecule has 6 rings (SSSR count). The van der Waals surface area contributed by atoms with Crippen LogP contribution in [-0.4, -0.2) is 11.3 Å². The summed E-state index contributed by atoms with van der Waals surface area (Å²) in [5, 5.41) is 7.02. The van der Waals surface area contributed by atoms with Gasteiger partial charge in [0.05, 0.1) is 0 Å². The van der Waals surface area contributed by atoms with E-state index in [1.807, 2.05) is 30.3 Å². The molecular formula is C46H56HfSi. The first-order valence-corrected chi connectivity index (χ1v) is 23.0. The summed E-state index contributed by atoms with van der Waals surface area (Å²) >= 11 is 1.08. The van der Waals surface area contributed by atoms with E-state index in [1.165, 1.54) is 71.9 Å². The molecule has 0 saturated carbocycles. The van der Waals surface area contributed by atoms with Gasteiger partial charge in [-0.25, -0.2) is 12.1 Å². The quantitative estimate of drug-likeness (QED) is 0.116. The van der Waals surface area contributed by atoms with Crippen LogP contribution in [0.4, 0.5) is 0 Å². The SMILES string of the molecule is CC(C)(C)c1ccc2c(c1)[cH-]c1cc(C(C)(C)C)ccc12.CCCCc1ccc([C](=[Hf+2])c2ccc([Si](C)(C)C)cc2)cc1.c1cc[cH-]c1. The molecule has 0 fully saturated rings. The summed E-state index contributed by atoms with van der Waals surface area (Å²) in [5.41, 5.74) is 7.47. The van der Waals surface area contributed by atoms with E-state index in [0.29, 0.717) is 0 Å². The Bertz CT molecular complexity index is 1790. The van der Waals surface area contributed by atoms with Crippen molar-refractivity contribution in [1.29, 1.82) is 0 Å². The fourth-order valence-electron chi connectivity index (χ4n) is 5.80. The maximum Gasteiger partial charge on any atom is -0.172 e. The van der Waals surface area contributed by atoms with Crippen molar-refractivity contribution in [2.24, 2.45) is 0 Å². The smallest absolute Gasteiger partial charge is 0.172 e. The van der Waals surface area contributed by atoms with Crippen LogP contribution in [0, 0.1) is 0 Å². The van der Waals surface area contributed by atoms with E-state index in [4.69, 9.17) is 0 Å². The van der Waals surface area contributed by atoms with Crippen LogP contribution in [0.2, 0.25) is 19.6 Å². The predicted molar refractivity (Wildman–Crippen MR) is 214 cm³/mol. The molecule has 0 aliphatic heterocycles. The first kappa shape index (κ1) is 37.9. The molecule has 248 valence electrons. The Labute approximate surface area is 307 Å². The molecule has 0 bridgehead atoms. The first-order valence-electron chi connectivity index (χ1n) is 17.7. The van der Waals surface area contributed by atoms with Gasteiger partial charge in [-0.2, -0.15) is 18.2 Å². The van der Waals surface area contributed by atoms with E-state index in [0.717, 1.165) is 23.9 Å². The molecule has 6 aromatic rings. The van der Waals surface area contributed by atoms with Gasteiger partial charge in [-0.3, -0.25) is 0 Å². The summed E-state index contributed by atoms with van der Waals surface area (Å²) in [6.07, 6.45) is 3.76. The van der Waals surface area contributed by atoms with Crippen LogP contribution >= 0.6 is 0 Å². The predicted octanol–water partition coefficient (Wildman–Crippen LogP) is 12.4. The van der Waals surface area contributed by atoms with Gasteiger partial charge in [0.1, 0.15) is 0 Å². The van der Waals surface area contributed by atoms with Gasteiger partial charge in [0.2, 0.25) is 0 Å². The summed E-state index contributed by atoms with van der Waals surface area (Å²) in [4.78, 5) is 0. The topological polar surface area (TPSA) is 0 Å². The van der Waals surface area contributed by atoms with Crippen molar-refractivity contribution in [2.45, 2.75) is 98.2 Å². The third kappa shape index (κ3) is 10.3. The summed E-state index contributed by atoms with van der Waals surface area (Å²) in [6, 6.07) is 44.7. The molecule has 0 spiro atoms. The van der Waals surface area contributed by atoms with Crippen LogP contribution in [-0.2, 0) is 41.1 Å². The minimum absolute atomic E-state index is 0.203. The number of fused-ring (bicyclic) bond motifs is 3. The van der Waals surface area contributed by atoms with Crippen molar-refractivity contribution in [2.75, 3.05) is 0 Å². The van der Waals surface area contributed by atoms with E-state index in [1.54, 1.807) is 5.19 Å². The summed E-state index contributed by atoms with van der Waals surface area (Å²) in [5.74, 6) is 0. The second-order valence-electron chi connectivity index (χ2n) is 16.2. The van der Waals surface area contributed by atoms with Gasteiger partial charge in [0.15, 0.2) is 0 Å². The normalized spacial score (nSPS) is 11.9. The molecular weight excluding hydrogens is 759 g/mol. The van der Waals surface area contributed by atoms with Gasteiger partial charge >= 0.3 is 151 Å². The van der Waals surface area contributed by atoms with Crippen LogP contribution in [0.5, 0.6) is 0 Å². The van der Waals surface area contributed by atoms with Crippen molar-refractivity contribution in [1.82, 2.24) is 0 Å². The van der Waals surface area contributed by atoms with Gasteiger partial charge < -0.3 is 0 Å². The fourth-order valence-corrected chi connectivity index (χ4v) is 8.16. The Balaban J connectivity index is 0.000000189. The Morgan fingerprint density at radius 1 is 0.646 bits per heavy atom. The number of unbranched alkanes of at least 4 members (excludes halogenated alkanes) is 1. The molecule has 0 saturated heterocycles. The van der Waals surface area contributed by atoms with E-state index in [9.17, 15) is 0 Å². The molecule has 6 aromatic carbocycles.